The van der Waals surface area contributed by atoms with Crippen LogP contribution < -0.4 is 4.74 Å². The first kappa shape index (κ1) is 16.3. The van der Waals surface area contributed by atoms with Crippen LogP contribution in [0.1, 0.15) is 44.9 Å². The van der Waals surface area contributed by atoms with Crippen molar-refractivity contribution in [1.29, 1.82) is 0 Å². The van der Waals surface area contributed by atoms with Crippen LogP contribution in [0, 0.1) is 0 Å². The van der Waals surface area contributed by atoms with Gasteiger partial charge < -0.3 is 9.84 Å². The van der Waals surface area contributed by atoms with Gasteiger partial charge in [-0.3, -0.25) is 4.79 Å². The Morgan fingerprint density at radius 1 is 0.864 bits per heavy atom. The molecule has 1 N–H and O–H groups in total. The first-order valence-electron chi connectivity index (χ1n) is 8.10. The average Bonchev–Trinajstić information content (AvgIpc) is 2.53. The number of carbonyl (C=O) groups is 1. The molecule has 3 nitrogen and oxygen atoms in total. The summed E-state index contributed by atoms with van der Waals surface area (Å²) in [5.74, 6) is 0.267. The molecule has 0 bridgehead atoms. The second-order valence-corrected chi connectivity index (χ2v) is 5.59. The normalized spacial score (nSPS) is 10.7. The first-order valence-corrected chi connectivity index (χ1v) is 8.10. The lowest BCUT2D eigenvalue weighted by atomic mass is 10.1. The van der Waals surface area contributed by atoms with Gasteiger partial charge in [-0.05, 0) is 24.3 Å². The third-order valence-electron chi connectivity index (χ3n) is 3.79. The van der Waals surface area contributed by atoms with Crippen molar-refractivity contribution in [2.24, 2.45) is 0 Å². The number of fused-ring (bicyclic) bond motifs is 1. The van der Waals surface area contributed by atoms with Crippen molar-refractivity contribution >= 4 is 16.7 Å². The summed E-state index contributed by atoms with van der Waals surface area (Å²) >= 11 is 0. The predicted octanol–water partition coefficient (Wildman–Crippen LogP) is 5.03. The van der Waals surface area contributed by atoms with Gasteiger partial charge in [0.1, 0.15) is 5.75 Å². The minimum atomic E-state index is -0.691. The van der Waals surface area contributed by atoms with Crippen molar-refractivity contribution in [1.82, 2.24) is 0 Å². The molecule has 0 saturated carbocycles. The maximum absolute atomic E-state index is 10.4. The van der Waals surface area contributed by atoms with E-state index < -0.39 is 5.97 Å². The average molecular weight is 300 g/mol. The summed E-state index contributed by atoms with van der Waals surface area (Å²) in [6.45, 7) is 0.739. The van der Waals surface area contributed by atoms with Gasteiger partial charge in [0.25, 0.3) is 0 Å². The minimum absolute atomic E-state index is 0.296. The van der Waals surface area contributed by atoms with Crippen LogP contribution in [0.2, 0.25) is 0 Å². The van der Waals surface area contributed by atoms with Gasteiger partial charge in [0.15, 0.2) is 0 Å². The fraction of sp³-hybridized carbons (Fsp3) is 0.421. The molecule has 0 aromatic heterocycles. The van der Waals surface area contributed by atoms with E-state index in [1.165, 1.54) is 10.8 Å². The van der Waals surface area contributed by atoms with Crippen molar-refractivity contribution in [3.63, 3.8) is 0 Å². The lowest BCUT2D eigenvalue weighted by molar-refractivity contribution is -0.137. The first-order chi connectivity index (χ1) is 10.8. The Morgan fingerprint density at radius 3 is 2.36 bits per heavy atom. The number of carboxylic acids is 1. The van der Waals surface area contributed by atoms with Gasteiger partial charge >= 0.3 is 5.97 Å². The maximum atomic E-state index is 10.4. The van der Waals surface area contributed by atoms with Crippen LogP contribution in [0.5, 0.6) is 5.75 Å². The van der Waals surface area contributed by atoms with E-state index in [0.717, 1.165) is 50.9 Å². The molecule has 0 spiro atoms. The van der Waals surface area contributed by atoms with Crippen molar-refractivity contribution in [3.05, 3.63) is 42.5 Å². The third kappa shape index (κ3) is 5.40. The zero-order valence-corrected chi connectivity index (χ0v) is 13.0. The predicted molar refractivity (Wildman–Crippen MR) is 89.4 cm³/mol. The number of rotatable bonds is 10. The Morgan fingerprint density at radius 2 is 1.55 bits per heavy atom. The van der Waals surface area contributed by atoms with Crippen molar-refractivity contribution in [2.75, 3.05) is 6.61 Å². The monoisotopic (exact) mass is 300 g/mol. The summed E-state index contributed by atoms with van der Waals surface area (Å²) < 4.78 is 5.90. The molecule has 2 rings (SSSR count). The molecule has 0 radical (unpaired) electrons. The number of ether oxygens (including phenoxy) is 1. The molecule has 0 aliphatic carbocycles. The highest BCUT2D eigenvalue weighted by atomic mass is 16.5. The van der Waals surface area contributed by atoms with Gasteiger partial charge in [-0.1, -0.05) is 62.1 Å². The Bertz CT molecular complexity index is 587. The molecular formula is C19H24O3. The topological polar surface area (TPSA) is 46.5 Å². The molecule has 0 saturated heterocycles. The second kappa shape index (κ2) is 9.08. The number of aliphatic carboxylic acids is 1. The van der Waals surface area contributed by atoms with Gasteiger partial charge in [-0.15, -0.1) is 0 Å². The molecule has 118 valence electrons. The molecule has 0 aliphatic heterocycles. The van der Waals surface area contributed by atoms with Crippen molar-refractivity contribution < 1.29 is 14.6 Å². The van der Waals surface area contributed by atoms with Gasteiger partial charge in [0.2, 0.25) is 0 Å². The lowest BCUT2D eigenvalue weighted by Gasteiger charge is -2.09. The summed E-state index contributed by atoms with van der Waals surface area (Å²) in [6.07, 6.45) is 6.54. The molecule has 0 atom stereocenters. The van der Waals surface area contributed by atoms with Crippen LogP contribution in [0.4, 0.5) is 0 Å². The molecular weight excluding hydrogens is 276 g/mol. The quantitative estimate of drug-likeness (QED) is 0.626. The van der Waals surface area contributed by atoms with E-state index in [9.17, 15) is 4.79 Å². The van der Waals surface area contributed by atoms with Crippen molar-refractivity contribution in [3.8, 4) is 5.75 Å². The molecule has 0 amide bonds. The number of hydrogen-bond acceptors (Lipinski definition) is 2. The standard InChI is InChI=1S/C19H24O3/c20-19(21)14-5-3-1-2-4-8-15-22-18-13-9-11-16-10-6-7-12-17(16)18/h6-7,9-13H,1-5,8,14-15H2,(H,20,21). The SMILES string of the molecule is O=C(O)CCCCCCCCOc1cccc2ccccc12. The lowest BCUT2D eigenvalue weighted by Crippen LogP contribution is -1.98. The minimum Gasteiger partial charge on any atom is -0.493 e. The molecule has 2 aromatic carbocycles. The summed E-state index contributed by atoms with van der Waals surface area (Å²) in [7, 11) is 0. The van der Waals surface area contributed by atoms with Crippen LogP contribution in [-0.4, -0.2) is 17.7 Å². The number of hydrogen-bond donors (Lipinski definition) is 1. The van der Waals surface area contributed by atoms with E-state index >= 15 is 0 Å². The van der Waals surface area contributed by atoms with Crippen LogP contribution in [0.25, 0.3) is 10.8 Å². The third-order valence-corrected chi connectivity index (χ3v) is 3.79. The Labute approximate surface area is 131 Å². The summed E-state index contributed by atoms with van der Waals surface area (Å²) in [4.78, 5) is 10.4. The van der Waals surface area contributed by atoms with E-state index in [-0.39, 0.29) is 0 Å². The molecule has 2 aromatic rings. The Hall–Kier alpha value is -2.03. The summed E-state index contributed by atoms with van der Waals surface area (Å²) in [5.41, 5.74) is 0. The van der Waals surface area contributed by atoms with E-state index in [1.54, 1.807) is 0 Å². The van der Waals surface area contributed by atoms with Crippen LogP contribution in [-0.2, 0) is 4.79 Å². The molecule has 0 aliphatic rings. The van der Waals surface area contributed by atoms with Gasteiger partial charge in [0, 0.05) is 11.8 Å². The van der Waals surface area contributed by atoms with E-state index in [1.807, 2.05) is 24.3 Å². The summed E-state index contributed by atoms with van der Waals surface area (Å²) in [6, 6.07) is 14.4. The number of carboxylic acid groups (broad SMARTS) is 1. The Balaban J connectivity index is 1.61. The largest absolute Gasteiger partial charge is 0.493 e. The number of benzene rings is 2. The van der Waals surface area contributed by atoms with Crippen LogP contribution in [0.15, 0.2) is 42.5 Å². The molecule has 0 unspecified atom stereocenters. The van der Waals surface area contributed by atoms with Crippen molar-refractivity contribution in [2.45, 2.75) is 44.9 Å². The molecule has 0 fully saturated rings. The zero-order chi connectivity index (χ0) is 15.6. The summed E-state index contributed by atoms with van der Waals surface area (Å²) in [5, 5.41) is 10.9. The smallest absolute Gasteiger partial charge is 0.303 e. The molecule has 0 heterocycles. The maximum Gasteiger partial charge on any atom is 0.303 e. The highest BCUT2D eigenvalue weighted by Gasteiger charge is 2.01. The highest BCUT2D eigenvalue weighted by molar-refractivity contribution is 5.88. The fourth-order valence-electron chi connectivity index (χ4n) is 2.59. The van der Waals surface area contributed by atoms with E-state index in [4.69, 9.17) is 9.84 Å². The van der Waals surface area contributed by atoms with E-state index in [2.05, 4.69) is 18.2 Å². The van der Waals surface area contributed by atoms with Gasteiger partial charge in [-0.25, -0.2) is 0 Å². The van der Waals surface area contributed by atoms with Gasteiger partial charge in [0.05, 0.1) is 6.61 Å². The van der Waals surface area contributed by atoms with Crippen LogP contribution >= 0.6 is 0 Å². The van der Waals surface area contributed by atoms with E-state index in [0.29, 0.717) is 6.42 Å². The van der Waals surface area contributed by atoms with Gasteiger partial charge in [-0.2, -0.15) is 0 Å². The van der Waals surface area contributed by atoms with Crippen LogP contribution in [0.3, 0.4) is 0 Å². The second-order valence-electron chi connectivity index (χ2n) is 5.59. The molecule has 3 heteroatoms. The number of unbranched alkanes of at least 4 members (excludes halogenated alkanes) is 5. The Kier molecular flexibility index (Phi) is 6.75. The fourth-order valence-corrected chi connectivity index (χ4v) is 2.59. The highest BCUT2D eigenvalue weighted by Crippen LogP contribution is 2.25. The zero-order valence-electron chi connectivity index (χ0n) is 13.0. The molecule has 22 heavy (non-hydrogen) atoms.